The van der Waals surface area contributed by atoms with Crippen molar-refractivity contribution in [2.45, 2.75) is 87.6 Å². The van der Waals surface area contributed by atoms with E-state index in [-0.39, 0.29) is 0 Å². The van der Waals surface area contributed by atoms with Crippen LogP contribution in [0, 0.1) is 23.7 Å². The van der Waals surface area contributed by atoms with Gasteiger partial charge in [0.1, 0.15) is 0 Å². The van der Waals surface area contributed by atoms with Gasteiger partial charge in [0.25, 0.3) is 0 Å². The summed E-state index contributed by atoms with van der Waals surface area (Å²) in [5, 5.41) is 0. The van der Waals surface area contributed by atoms with Crippen molar-refractivity contribution in [3.63, 3.8) is 0 Å². The van der Waals surface area contributed by atoms with Crippen LogP contribution in [0.1, 0.15) is 16.7 Å². The minimum Gasteiger partial charge on any atom is -0.101 e. The van der Waals surface area contributed by atoms with Gasteiger partial charge < -0.3 is 0 Å². The van der Waals surface area contributed by atoms with Gasteiger partial charge in [0, 0.05) is 43.7 Å². The Hall–Kier alpha value is -1.14. The third kappa shape index (κ3) is 3.35. The Kier molecular flexibility index (Phi) is 6.53. The zero-order valence-electron chi connectivity index (χ0n) is 24.8. The molecule has 0 nitrogen and oxygen atoms in total. The van der Waals surface area contributed by atoms with Crippen molar-refractivity contribution in [2.75, 3.05) is 0 Å². The fourth-order valence-corrected chi connectivity index (χ4v) is 152. The van der Waals surface area contributed by atoms with Crippen LogP contribution in [0.5, 0.6) is 0 Å². The number of benzene rings is 2. The first-order valence-corrected chi connectivity index (χ1v) is 34.8. The maximum Gasteiger partial charge on any atom is 0.0546 e. The second-order valence-corrected chi connectivity index (χ2v) is 64.8. The van der Waals surface area contributed by atoms with Gasteiger partial charge in [-0.1, -0.05) is 119 Å². The van der Waals surface area contributed by atoms with Crippen molar-refractivity contribution in [2.24, 2.45) is 0 Å². The van der Waals surface area contributed by atoms with Crippen molar-refractivity contribution < 1.29 is 0 Å². The summed E-state index contributed by atoms with van der Waals surface area (Å²) in [4.78, 5) is 1.17. The number of hydrogen-bond donors (Lipinski definition) is 0. The topological polar surface area (TPSA) is 0 Å². The average molecular weight is 575 g/mol. The van der Waals surface area contributed by atoms with Crippen molar-refractivity contribution in [1.29, 1.82) is 0 Å². The van der Waals surface area contributed by atoms with Crippen molar-refractivity contribution in [3.8, 4) is 23.7 Å². The number of fused-ring (bicyclic) bond motifs is 3. The van der Waals surface area contributed by atoms with Crippen LogP contribution in [0.15, 0.2) is 54.6 Å². The molecule has 3 saturated heterocycles. The van der Waals surface area contributed by atoms with Gasteiger partial charge in [-0.3, -0.25) is 0 Å². The molecule has 0 amide bonds. The van der Waals surface area contributed by atoms with Gasteiger partial charge in [0.05, 0.1) is 22.8 Å². The molecule has 5 rings (SSSR count). The molecule has 0 unspecified atom stereocenters. The van der Waals surface area contributed by atoms with Crippen molar-refractivity contribution in [3.05, 3.63) is 71.3 Å². The number of hydrogen-bond acceptors (Lipinski definition) is 0. The Morgan fingerprint density at radius 1 is 0.472 bits per heavy atom. The second-order valence-electron chi connectivity index (χ2n) is 14.7. The molecule has 2 aromatic carbocycles. The summed E-state index contributed by atoms with van der Waals surface area (Å²) in [6.45, 7) is 33.9. The molecule has 3 aliphatic rings. The molecule has 0 radical (unpaired) electrons. The summed E-state index contributed by atoms with van der Waals surface area (Å²) < 4.78 is 0.411. The van der Waals surface area contributed by atoms with Crippen LogP contribution in [0.25, 0.3) is 0 Å². The van der Waals surface area contributed by atoms with Gasteiger partial charge in [-0.05, 0) is 36.4 Å². The Bertz CT molecular complexity index is 1220. The minimum atomic E-state index is -1.58. The maximum atomic E-state index is 4.36. The van der Waals surface area contributed by atoms with E-state index in [0.29, 0.717) is 4.28 Å². The molecule has 2 aromatic rings. The van der Waals surface area contributed by atoms with E-state index in [4.69, 9.17) is 0 Å². The fourth-order valence-electron chi connectivity index (χ4n) is 9.52. The average Bonchev–Trinajstić information content (AvgIpc) is 2.76. The molecule has 3 heterocycles. The summed E-state index contributed by atoms with van der Waals surface area (Å²) in [5.74, 6) is 14.9. The van der Waals surface area contributed by atoms with E-state index < -0.39 is 45.5 Å². The van der Waals surface area contributed by atoms with E-state index >= 15 is 0 Å². The first-order valence-electron chi connectivity index (χ1n) is 13.6. The third-order valence-corrected chi connectivity index (χ3v) is 101. The molecule has 3 fully saturated rings. The van der Waals surface area contributed by atoms with Crippen LogP contribution in [0.2, 0.25) is 87.6 Å². The molecule has 0 spiro atoms. The highest BCUT2D eigenvalue weighted by Gasteiger charge is 2.87. The normalized spacial score (nSPS) is 29.3. The summed E-state index contributed by atoms with van der Waals surface area (Å²) >= 11 is 0. The van der Waals surface area contributed by atoms with Gasteiger partial charge in [-0.15, -0.1) is 5.92 Å². The van der Waals surface area contributed by atoms with E-state index in [1.165, 1.54) is 10.4 Å². The summed E-state index contributed by atoms with van der Waals surface area (Å²) in [7, 11) is -8.92. The Morgan fingerprint density at radius 2 is 0.806 bits per heavy atom. The molecule has 0 aromatic heterocycles. The molecule has 36 heavy (non-hydrogen) atoms. The van der Waals surface area contributed by atoms with Crippen LogP contribution >= 0.6 is 0 Å². The summed E-state index contributed by atoms with van der Waals surface area (Å²) in [6.07, 6.45) is 0. The number of rotatable bonds is 0. The SMILES string of the molecule is C[Si]1(C)C2[Si](C)(C)[Si](C)(C)C(C#Cc3ccc(C#Cc4ccccc4)cc3)([Si]1(C)C)[Si](C)(C)[Si]2(C)C. The largest absolute Gasteiger partial charge is 0.101 e. The van der Waals surface area contributed by atoms with Crippen LogP contribution in [0.4, 0.5) is 0 Å². The van der Waals surface area contributed by atoms with Crippen molar-refractivity contribution >= 4 is 45.5 Å². The highest BCUT2D eigenvalue weighted by Crippen LogP contribution is 2.74. The van der Waals surface area contributed by atoms with Crippen LogP contribution in [-0.2, 0) is 0 Å². The van der Waals surface area contributed by atoms with Gasteiger partial charge in [-0.25, -0.2) is 0 Å². The predicted molar refractivity (Wildman–Crippen MR) is 177 cm³/mol. The van der Waals surface area contributed by atoms with E-state index in [1.54, 1.807) is 0 Å². The van der Waals surface area contributed by atoms with E-state index in [2.05, 4.69) is 139 Å². The van der Waals surface area contributed by atoms with E-state index in [0.717, 1.165) is 11.1 Å². The molecular weight excluding hydrogens is 529 g/mol. The van der Waals surface area contributed by atoms with Gasteiger partial charge >= 0.3 is 0 Å². The Morgan fingerprint density at radius 3 is 1.19 bits per heavy atom. The van der Waals surface area contributed by atoms with Crippen LogP contribution in [0.3, 0.4) is 0 Å². The zero-order chi connectivity index (χ0) is 27.0. The third-order valence-electron chi connectivity index (χ3n) is 12.2. The lowest BCUT2D eigenvalue weighted by atomic mass is 10.1. The molecule has 0 N–H and O–H groups in total. The molecule has 2 bridgehead atoms. The molecule has 0 saturated carbocycles. The van der Waals surface area contributed by atoms with Gasteiger partial charge in [0.15, 0.2) is 0 Å². The second kappa shape index (κ2) is 8.43. The van der Waals surface area contributed by atoms with Crippen LogP contribution < -0.4 is 0 Å². The van der Waals surface area contributed by atoms with Crippen LogP contribution in [-0.4, -0.2) is 45.5 Å². The molecule has 3 aliphatic heterocycles. The minimum absolute atomic E-state index is 0.411. The quantitative estimate of drug-likeness (QED) is 0.220. The first kappa shape index (κ1) is 27.9. The monoisotopic (exact) mass is 574 g/mol. The fraction of sp³-hybridized carbons (Fsp3) is 0.467. The summed E-state index contributed by atoms with van der Waals surface area (Å²) in [6, 6.07) is 19.0. The van der Waals surface area contributed by atoms with Gasteiger partial charge in [-0.2, -0.15) is 0 Å². The molecular formula is C30H46Si6. The lowest BCUT2D eigenvalue weighted by molar-refractivity contribution is 1.15. The lowest BCUT2D eigenvalue weighted by Crippen LogP contribution is -2.99. The summed E-state index contributed by atoms with van der Waals surface area (Å²) in [5.41, 5.74) is 3.31. The smallest absolute Gasteiger partial charge is 0.0546 e. The predicted octanol–water partition coefficient (Wildman–Crippen LogP) is 8.22. The van der Waals surface area contributed by atoms with E-state index in [9.17, 15) is 0 Å². The maximum absolute atomic E-state index is 4.36. The lowest BCUT2D eigenvalue weighted by Gasteiger charge is -2.83. The molecule has 0 atom stereocenters. The van der Waals surface area contributed by atoms with Crippen molar-refractivity contribution in [1.82, 2.24) is 0 Å². The van der Waals surface area contributed by atoms with E-state index in [1.807, 2.05) is 18.2 Å². The Balaban J connectivity index is 1.85. The standard InChI is InChI=1S/C30H46Si6/c1-31(2)29-32(3,4)35(9,10)30(34(31,7)8,36(11,12)33(29,5)6)25-24-28-22-20-27(21-23-28)19-18-26-16-14-13-15-17-26/h13-17,20-23,29H,1-12H3. The molecule has 0 aliphatic carbocycles. The highest BCUT2D eigenvalue weighted by molar-refractivity contribution is 7.77. The molecule has 6 heteroatoms. The Labute approximate surface area is 227 Å². The zero-order valence-corrected chi connectivity index (χ0v) is 30.8. The first-order chi connectivity index (χ1) is 16.4. The highest BCUT2D eigenvalue weighted by atomic mass is 29.4. The van der Waals surface area contributed by atoms with Gasteiger partial charge in [0.2, 0.25) is 0 Å². The molecule has 190 valence electrons.